The van der Waals surface area contributed by atoms with Crippen LogP contribution in [0.3, 0.4) is 0 Å². The van der Waals surface area contributed by atoms with Gasteiger partial charge in [-0.25, -0.2) is 12.1 Å². The van der Waals surface area contributed by atoms with Crippen LogP contribution in [0.4, 0.5) is 0 Å². The third-order valence-electron chi connectivity index (χ3n) is 5.69. The number of aryl methyl sites for hydroxylation is 2. The minimum absolute atomic E-state index is 0. The van der Waals surface area contributed by atoms with Gasteiger partial charge in [-0.15, -0.1) is 0 Å². The Morgan fingerprint density at radius 3 is 1.45 bits per heavy atom. The molecule has 0 fully saturated rings. The quantitative estimate of drug-likeness (QED) is 0.253. The minimum Gasteiger partial charge on any atom is -0.668 e. The van der Waals surface area contributed by atoms with Gasteiger partial charge < -0.3 is 21.7 Å². The van der Waals surface area contributed by atoms with Crippen molar-refractivity contribution in [3.8, 4) is 11.5 Å². The molecule has 0 aliphatic heterocycles. The molecule has 0 amide bonds. The summed E-state index contributed by atoms with van der Waals surface area (Å²) in [5, 5.41) is 19.4. The SMILES string of the molecule is Cc1ccc(O)c(C=C2C=CC=CC2[NH-])c1.Cc1ccc(O)c(C=C2C=CC=CC2[NH-])c1.[Ti+3].c1cc[cH-]c1. The normalized spacial score (nSPS) is 19.3. The Balaban J connectivity index is 0.000000221. The van der Waals surface area contributed by atoms with Crippen molar-refractivity contribution >= 4 is 12.2 Å². The molecule has 3 aromatic carbocycles. The molecule has 0 saturated heterocycles. The molecule has 0 bridgehead atoms. The van der Waals surface area contributed by atoms with Crippen LogP contribution in [0.2, 0.25) is 0 Å². The number of allylic oxidation sites excluding steroid dienone is 4. The van der Waals surface area contributed by atoms with Crippen LogP contribution in [0.15, 0.2) is 126 Å². The van der Waals surface area contributed by atoms with Crippen LogP contribution < -0.4 is 0 Å². The van der Waals surface area contributed by atoms with Crippen molar-refractivity contribution in [1.29, 1.82) is 0 Å². The summed E-state index contributed by atoms with van der Waals surface area (Å²) in [6, 6.07) is 20.3. The Bertz CT molecular complexity index is 1240. The van der Waals surface area contributed by atoms with E-state index in [4.69, 9.17) is 11.5 Å². The van der Waals surface area contributed by atoms with E-state index in [-0.39, 0.29) is 45.3 Å². The van der Waals surface area contributed by atoms with E-state index in [1.54, 1.807) is 12.1 Å². The third-order valence-corrected chi connectivity index (χ3v) is 5.69. The van der Waals surface area contributed by atoms with Gasteiger partial charge in [0.25, 0.3) is 0 Å². The molecule has 2 aliphatic carbocycles. The first-order valence-electron chi connectivity index (χ1n) is 12.1. The maximum Gasteiger partial charge on any atom is 3.00 e. The van der Waals surface area contributed by atoms with Crippen LogP contribution in [0.25, 0.3) is 23.6 Å². The first kappa shape index (κ1) is 30.7. The molecule has 5 rings (SSSR count). The summed E-state index contributed by atoms with van der Waals surface area (Å²) in [5.41, 5.74) is 21.2. The van der Waals surface area contributed by atoms with Crippen LogP contribution in [0.5, 0.6) is 11.5 Å². The molecule has 0 saturated carbocycles. The molecule has 3 aromatic rings. The van der Waals surface area contributed by atoms with E-state index < -0.39 is 0 Å². The van der Waals surface area contributed by atoms with Crippen molar-refractivity contribution in [3.05, 3.63) is 160 Å². The second-order valence-electron chi connectivity index (χ2n) is 8.82. The van der Waals surface area contributed by atoms with Crippen molar-refractivity contribution in [3.63, 3.8) is 0 Å². The van der Waals surface area contributed by atoms with Crippen LogP contribution >= 0.6 is 0 Å². The molecule has 2 aliphatic rings. The summed E-state index contributed by atoms with van der Waals surface area (Å²) < 4.78 is 0. The van der Waals surface area contributed by atoms with Gasteiger partial charge in [0, 0.05) is 11.1 Å². The Kier molecular flexibility index (Phi) is 12.6. The second kappa shape index (κ2) is 15.7. The number of phenols is 2. The van der Waals surface area contributed by atoms with Gasteiger partial charge in [0.15, 0.2) is 0 Å². The van der Waals surface area contributed by atoms with Gasteiger partial charge in [0.1, 0.15) is 11.5 Å². The third kappa shape index (κ3) is 9.73. The molecule has 4 N–H and O–H groups in total. The zero-order chi connectivity index (χ0) is 26.6. The van der Waals surface area contributed by atoms with E-state index in [2.05, 4.69) is 0 Å². The van der Waals surface area contributed by atoms with E-state index in [0.29, 0.717) is 0 Å². The van der Waals surface area contributed by atoms with Crippen LogP contribution in [0, 0.1) is 13.8 Å². The van der Waals surface area contributed by atoms with Crippen LogP contribution in [0.1, 0.15) is 22.3 Å². The number of phenolic OH excluding ortho intramolecular Hbond substituents is 2. The molecule has 4 nitrogen and oxygen atoms in total. The largest absolute Gasteiger partial charge is 3.00 e. The van der Waals surface area contributed by atoms with Crippen molar-refractivity contribution < 1.29 is 31.9 Å². The minimum atomic E-state index is -0.343. The number of benzene rings is 2. The average Bonchev–Trinajstić information content (AvgIpc) is 3.47. The van der Waals surface area contributed by atoms with E-state index in [1.807, 2.05) is 129 Å². The van der Waals surface area contributed by atoms with Crippen molar-refractivity contribution in [2.45, 2.75) is 25.9 Å². The standard InChI is InChI=1S/2C14H14NO.C5H5.Ti/c2*1-10-6-7-14(16)12(8-10)9-11-4-2-3-5-13(11)15;1-2-4-5-3-1;/h2*2-9,13,15-16H,1H3;1-5H;/q3*-1;+3. The maximum absolute atomic E-state index is 9.70. The smallest absolute Gasteiger partial charge is 0.668 e. The predicted octanol–water partition coefficient (Wildman–Crippen LogP) is 8.66. The van der Waals surface area contributed by atoms with Crippen LogP contribution in [-0.2, 0) is 21.7 Å². The number of rotatable bonds is 2. The fourth-order valence-electron chi connectivity index (χ4n) is 3.65. The Morgan fingerprint density at radius 2 is 1.11 bits per heavy atom. The molecule has 0 spiro atoms. The second-order valence-corrected chi connectivity index (χ2v) is 8.82. The summed E-state index contributed by atoms with van der Waals surface area (Å²) >= 11 is 0. The van der Waals surface area contributed by atoms with Gasteiger partial charge >= 0.3 is 21.7 Å². The number of aromatic hydroxyl groups is 2. The molecule has 5 heteroatoms. The molecular weight excluding hydrogens is 504 g/mol. The Hall–Kier alpha value is -3.54. The van der Waals surface area contributed by atoms with Gasteiger partial charge in [-0.3, -0.25) is 0 Å². The van der Waals surface area contributed by atoms with Gasteiger partial charge in [-0.2, -0.15) is 18.2 Å². The molecule has 38 heavy (non-hydrogen) atoms. The fourth-order valence-corrected chi connectivity index (χ4v) is 3.65. The number of hydrogen-bond donors (Lipinski definition) is 2. The summed E-state index contributed by atoms with van der Waals surface area (Å²) in [5.74, 6) is 0.515. The topological polar surface area (TPSA) is 88.1 Å². The Morgan fingerprint density at radius 1 is 0.684 bits per heavy atom. The van der Waals surface area contributed by atoms with Crippen LogP contribution in [-0.4, -0.2) is 22.3 Å². The van der Waals surface area contributed by atoms with Gasteiger partial charge in [-0.1, -0.05) is 95.1 Å². The van der Waals surface area contributed by atoms with E-state index >= 15 is 0 Å². The first-order valence-corrected chi connectivity index (χ1v) is 12.1. The molecular formula is C33H33N2O2Ti. The number of hydrogen-bond acceptors (Lipinski definition) is 2. The van der Waals surface area contributed by atoms with Crippen molar-refractivity contribution in [2.24, 2.45) is 0 Å². The molecule has 0 heterocycles. The predicted molar refractivity (Wildman–Crippen MR) is 156 cm³/mol. The molecule has 1 radical (unpaired) electrons. The molecule has 2 unspecified atom stereocenters. The summed E-state index contributed by atoms with van der Waals surface area (Å²) in [6.45, 7) is 3.96. The fraction of sp³-hybridized carbons (Fsp3) is 0.121. The van der Waals surface area contributed by atoms with E-state index in [0.717, 1.165) is 33.4 Å². The van der Waals surface area contributed by atoms with Gasteiger partial charge in [-0.05, 0) is 50.3 Å². The molecule has 191 valence electrons. The number of nitrogens with one attached hydrogen (secondary N) is 2. The summed E-state index contributed by atoms with van der Waals surface area (Å²) in [6.07, 6.45) is 18.7. The van der Waals surface area contributed by atoms with Crippen molar-refractivity contribution in [2.75, 3.05) is 0 Å². The average molecular weight is 538 g/mol. The molecule has 2 atom stereocenters. The van der Waals surface area contributed by atoms with E-state index in [1.165, 1.54) is 0 Å². The Labute approximate surface area is 241 Å². The monoisotopic (exact) mass is 537 g/mol. The zero-order valence-corrected chi connectivity index (χ0v) is 23.2. The zero-order valence-electron chi connectivity index (χ0n) is 21.7. The van der Waals surface area contributed by atoms with E-state index in [9.17, 15) is 10.2 Å². The van der Waals surface area contributed by atoms with Gasteiger partial charge in [0.05, 0.1) is 0 Å². The summed E-state index contributed by atoms with van der Waals surface area (Å²) in [4.78, 5) is 0. The first-order chi connectivity index (χ1) is 17.8. The maximum atomic E-state index is 9.70. The molecule has 0 aromatic heterocycles. The van der Waals surface area contributed by atoms with Gasteiger partial charge in [0.2, 0.25) is 0 Å². The summed E-state index contributed by atoms with van der Waals surface area (Å²) in [7, 11) is 0. The van der Waals surface area contributed by atoms with Crippen molar-refractivity contribution in [1.82, 2.24) is 0 Å².